The van der Waals surface area contributed by atoms with Crippen LogP contribution in [0.5, 0.6) is 0 Å². The van der Waals surface area contributed by atoms with Crippen molar-refractivity contribution in [2.75, 3.05) is 18.4 Å². The van der Waals surface area contributed by atoms with Crippen LogP contribution in [0.3, 0.4) is 0 Å². The summed E-state index contributed by atoms with van der Waals surface area (Å²) in [6, 6.07) is 5.16. The van der Waals surface area contributed by atoms with E-state index < -0.39 is 6.09 Å². The molecule has 1 atom stereocenters. The van der Waals surface area contributed by atoms with Crippen LogP contribution in [-0.4, -0.2) is 45.4 Å². The number of carbonyl (C=O) groups is 1. The van der Waals surface area contributed by atoms with Gasteiger partial charge in [0.25, 0.3) is 0 Å². The van der Waals surface area contributed by atoms with Crippen molar-refractivity contribution in [2.24, 2.45) is 0 Å². The van der Waals surface area contributed by atoms with E-state index in [1.165, 1.54) is 4.90 Å². The van der Waals surface area contributed by atoms with Gasteiger partial charge in [0.2, 0.25) is 0 Å². The summed E-state index contributed by atoms with van der Waals surface area (Å²) in [4.78, 5) is 12.1. The Morgan fingerprint density at radius 1 is 1.59 bits per heavy atom. The molecule has 17 heavy (non-hydrogen) atoms. The molecule has 1 fully saturated rings. The SMILES string of the molecule is N#Cc1ccc(NC2CCN(C(=O)O)C2)nn1. The van der Waals surface area contributed by atoms with Crippen LogP contribution in [0, 0.1) is 11.3 Å². The number of rotatable bonds is 2. The maximum atomic E-state index is 10.7. The van der Waals surface area contributed by atoms with Crippen LogP contribution >= 0.6 is 0 Å². The van der Waals surface area contributed by atoms with Crippen molar-refractivity contribution in [3.63, 3.8) is 0 Å². The highest BCUT2D eigenvalue weighted by atomic mass is 16.4. The molecule has 1 aromatic rings. The molecule has 0 bridgehead atoms. The number of nitriles is 1. The Hall–Kier alpha value is -2.36. The molecule has 1 aliphatic heterocycles. The minimum atomic E-state index is -0.903. The van der Waals surface area contributed by atoms with Crippen molar-refractivity contribution in [1.29, 1.82) is 5.26 Å². The maximum Gasteiger partial charge on any atom is 0.407 e. The van der Waals surface area contributed by atoms with Gasteiger partial charge in [-0.05, 0) is 18.6 Å². The average Bonchev–Trinajstić information content (AvgIpc) is 2.79. The monoisotopic (exact) mass is 233 g/mol. The lowest BCUT2D eigenvalue weighted by molar-refractivity contribution is 0.155. The Kier molecular flexibility index (Phi) is 3.05. The summed E-state index contributed by atoms with van der Waals surface area (Å²) >= 11 is 0. The van der Waals surface area contributed by atoms with Crippen LogP contribution in [0.25, 0.3) is 0 Å². The molecule has 0 radical (unpaired) electrons. The van der Waals surface area contributed by atoms with Crippen LogP contribution in [0.2, 0.25) is 0 Å². The van der Waals surface area contributed by atoms with Gasteiger partial charge in [-0.25, -0.2) is 4.79 Å². The lowest BCUT2D eigenvalue weighted by Gasteiger charge is -2.13. The largest absolute Gasteiger partial charge is 0.465 e. The summed E-state index contributed by atoms with van der Waals surface area (Å²) in [7, 11) is 0. The Morgan fingerprint density at radius 3 is 2.94 bits per heavy atom. The smallest absolute Gasteiger partial charge is 0.407 e. The molecule has 2 heterocycles. The zero-order valence-corrected chi connectivity index (χ0v) is 9.00. The third-order valence-corrected chi connectivity index (χ3v) is 2.59. The van der Waals surface area contributed by atoms with E-state index in [4.69, 9.17) is 10.4 Å². The fourth-order valence-corrected chi connectivity index (χ4v) is 1.73. The topological polar surface area (TPSA) is 102 Å². The fourth-order valence-electron chi connectivity index (χ4n) is 1.73. The van der Waals surface area contributed by atoms with E-state index in [2.05, 4.69) is 15.5 Å². The molecule has 1 aliphatic rings. The predicted octanol–water partition coefficient (Wildman–Crippen LogP) is 0.512. The summed E-state index contributed by atoms with van der Waals surface area (Å²) < 4.78 is 0. The second-order valence-corrected chi connectivity index (χ2v) is 3.77. The Balaban J connectivity index is 1.94. The molecular weight excluding hydrogens is 222 g/mol. The number of amides is 1. The van der Waals surface area contributed by atoms with Crippen LogP contribution < -0.4 is 5.32 Å². The molecule has 1 aromatic heterocycles. The molecule has 0 aromatic carbocycles. The van der Waals surface area contributed by atoms with Gasteiger partial charge in [0.1, 0.15) is 11.9 Å². The van der Waals surface area contributed by atoms with Crippen LogP contribution in [0.4, 0.5) is 10.6 Å². The lowest BCUT2D eigenvalue weighted by Crippen LogP contribution is -2.30. The van der Waals surface area contributed by atoms with Gasteiger partial charge in [0, 0.05) is 19.1 Å². The Morgan fingerprint density at radius 2 is 2.41 bits per heavy atom. The maximum absolute atomic E-state index is 10.7. The van der Waals surface area contributed by atoms with E-state index in [0.29, 0.717) is 18.9 Å². The minimum Gasteiger partial charge on any atom is -0.465 e. The van der Waals surface area contributed by atoms with E-state index in [0.717, 1.165) is 6.42 Å². The number of aromatic nitrogens is 2. The first-order chi connectivity index (χ1) is 8.19. The summed E-state index contributed by atoms with van der Waals surface area (Å²) in [6.45, 7) is 0.966. The van der Waals surface area contributed by atoms with Crippen molar-refractivity contribution in [3.8, 4) is 6.07 Å². The summed E-state index contributed by atoms with van der Waals surface area (Å²) in [5, 5.41) is 28.0. The third-order valence-electron chi connectivity index (χ3n) is 2.59. The molecule has 7 nitrogen and oxygen atoms in total. The lowest BCUT2D eigenvalue weighted by atomic mass is 10.2. The van der Waals surface area contributed by atoms with E-state index in [1.54, 1.807) is 12.1 Å². The van der Waals surface area contributed by atoms with Gasteiger partial charge < -0.3 is 15.3 Å². The van der Waals surface area contributed by atoms with Crippen molar-refractivity contribution < 1.29 is 9.90 Å². The van der Waals surface area contributed by atoms with E-state index in [9.17, 15) is 4.79 Å². The Labute approximate surface area is 97.7 Å². The summed E-state index contributed by atoms with van der Waals surface area (Å²) in [5.74, 6) is 0.557. The quantitative estimate of drug-likeness (QED) is 0.771. The number of nitrogens with one attached hydrogen (secondary N) is 1. The van der Waals surface area contributed by atoms with Gasteiger partial charge in [0.15, 0.2) is 5.69 Å². The number of anilines is 1. The van der Waals surface area contributed by atoms with Gasteiger partial charge in [-0.2, -0.15) is 5.26 Å². The molecule has 1 saturated heterocycles. The highest BCUT2D eigenvalue weighted by molar-refractivity contribution is 5.65. The number of hydrogen-bond donors (Lipinski definition) is 2. The molecule has 0 aliphatic carbocycles. The summed E-state index contributed by atoms with van der Waals surface area (Å²) in [6.07, 6.45) is -0.159. The standard InChI is InChI=1S/C10H11N5O2/c11-5-7-1-2-9(14-13-7)12-8-3-4-15(6-8)10(16)17/h1-2,8H,3-4,6H2,(H,12,14)(H,16,17). The van der Waals surface area contributed by atoms with Crippen molar-refractivity contribution in [1.82, 2.24) is 15.1 Å². The molecule has 1 amide bonds. The highest BCUT2D eigenvalue weighted by Gasteiger charge is 2.25. The normalized spacial score (nSPS) is 18.8. The van der Waals surface area contributed by atoms with Gasteiger partial charge >= 0.3 is 6.09 Å². The van der Waals surface area contributed by atoms with Gasteiger partial charge in [0.05, 0.1) is 0 Å². The molecule has 0 saturated carbocycles. The van der Waals surface area contributed by atoms with Crippen LogP contribution in [0.15, 0.2) is 12.1 Å². The fraction of sp³-hybridized carbons (Fsp3) is 0.400. The molecule has 0 spiro atoms. The highest BCUT2D eigenvalue weighted by Crippen LogP contribution is 2.13. The van der Waals surface area contributed by atoms with E-state index in [-0.39, 0.29) is 11.7 Å². The molecule has 7 heteroatoms. The van der Waals surface area contributed by atoms with Gasteiger partial charge in [-0.1, -0.05) is 0 Å². The zero-order valence-electron chi connectivity index (χ0n) is 9.00. The predicted molar refractivity (Wildman–Crippen MR) is 58.4 cm³/mol. The average molecular weight is 233 g/mol. The van der Waals surface area contributed by atoms with Crippen LogP contribution in [0.1, 0.15) is 12.1 Å². The van der Waals surface area contributed by atoms with Gasteiger partial charge in [-0.3, -0.25) is 0 Å². The number of hydrogen-bond acceptors (Lipinski definition) is 5. The molecule has 2 rings (SSSR count). The van der Waals surface area contributed by atoms with Crippen molar-refractivity contribution in [3.05, 3.63) is 17.8 Å². The molecular formula is C10H11N5O2. The number of likely N-dealkylation sites (tertiary alicyclic amines) is 1. The molecule has 2 N–H and O–H groups in total. The van der Waals surface area contributed by atoms with E-state index >= 15 is 0 Å². The van der Waals surface area contributed by atoms with Crippen LogP contribution in [-0.2, 0) is 0 Å². The first-order valence-corrected chi connectivity index (χ1v) is 5.17. The van der Waals surface area contributed by atoms with E-state index in [1.807, 2.05) is 6.07 Å². The first kappa shape index (κ1) is 11.1. The zero-order chi connectivity index (χ0) is 12.3. The van der Waals surface area contributed by atoms with Crippen molar-refractivity contribution >= 4 is 11.9 Å². The minimum absolute atomic E-state index is 0.0494. The second kappa shape index (κ2) is 4.65. The number of nitrogens with zero attached hydrogens (tertiary/aromatic N) is 4. The van der Waals surface area contributed by atoms with Gasteiger partial charge in [-0.15, -0.1) is 10.2 Å². The van der Waals surface area contributed by atoms with Crippen molar-refractivity contribution in [2.45, 2.75) is 12.5 Å². The number of carboxylic acid groups (broad SMARTS) is 1. The third kappa shape index (κ3) is 2.60. The molecule has 88 valence electrons. The second-order valence-electron chi connectivity index (χ2n) is 3.77. The summed E-state index contributed by atoms with van der Waals surface area (Å²) in [5.41, 5.74) is 0.258. The molecule has 1 unspecified atom stereocenters. The Bertz CT molecular complexity index is 453. The first-order valence-electron chi connectivity index (χ1n) is 5.17.